The Morgan fingerprint density at radius 3 is 0.950 bits per heavy atom. The van der Waals surface area contributed by atoms with Gasteiger partial charge in [-0.05, 0) is 61.2 Å². The van der Waals surface area contributed by atoms with E-state index in [0.29, 0.717) is 0 Å². The van der Waals surface area contributed by atoms with Gasteiger partial charge in [-0.3, -0.25) is 0 Å². The van der Waals surface area contributed by atoms with Crippen LogP contribution in [0.15, 0.2) is 0 Å². The Bertz CT molecular complexity index is 250. The molecule has 4 rings (SSSR count). The molecule has 0 aromatic rings. The summed E-state index contributed by atoms with van der Waals surface area (Å²) in [5, 5.41) is 0. The summed E-state index contributed by atoms with van der Waals surface area (Å²) >= 11 is 0. The molecule has 0 N–H and O–H groups in total. The van der Waals surface area contributed by atoms with Crippen LogP contribution in [0.3, 0.4) is 0 Å². The minimum Gasteiger partial charge on any atom is -0.307 e. The summed E-state index contributed by atoms with van der Waals surface area (Å²) in [6.07, 6.45) is 15.9. The third kappa shape index (κ3) is 2.71. The predicted molar refractivity (Wildman–Crippen MR) is 81.4 cm³/mol. The molecule has 0 amide bonds. The summed E-state index contributed by atoms with van der Waals surface area (Å²) in [7, 11) is 0. The van der Waals surface area contributed by atoms with Crippen LogP contribution in [0.4, 0.5) is 0 Å². The third-order valence-corrected chi connectivity index (χ3v) is 6.74. The first kappa shape index (κ1) is 15.7. The second-order valence-electron chi connectivity index (χ2n) is 7.21. The van der Waals surface area contributed by atoms with E-state index in [9.17, 15) is 0 Å². The summed E-state index contributed by atoms with van der Waals surface area (Å²) in [6.45, 7) is 4.00. The Labute approximate surface area is 123 Å². The van der Waals surface area contributed by atoms with E-state index in [1.807, 2.05) is 13.6 Å². The van der Waals surface area contributed by atoms with Gasteiger partial charge in [0.1, 0.15) is 13.6 Å². The van der Waals surface area contributed by atoms with Crippen LogP contribution >= 0.6 is 0 Å². The Morgan fingerprint density at radius 1 is 0.450 bits per heavy atom. The minimum atomic E-state index is 1.17. The van der Waals surface area contributed by atoms with E-state index in [1.165, 1.54) is 35.5 Å². The van der Waals surface area contributed by atoms with Gasteiger partial charge in [-0.2, -0.15) is 0 Å². The summed E-state index contributed by atoms with van der Waals surface area (Å²) < 4.78 is 0. The second-order valence-corrected chi connectivity index (χ2v) is 7.21. The highest BCUT2D eigenvalue weighted by Crippen LogP contribution is 2.59. The molecule has 4 aliphatic rings. The molecular weight excluding hydrogens is 248 g/mol. The van der Waals surface area contributed by atoms with Crippen molar-refractivity contribution in [2.75, 3.05) is 0 Å². The number of hydrogen-bond acceptors (Lipinski definition) is 2. The average molecular weight is 278 g/mol. The Kier molecular flexibility index (Phi) is 5.80. The largest absolute Gasteiger partial charge is 0.307 e. The van der Waals surface area contributed by atoms with Gasteiger partial charge in [-0.15, -0.1) is 0 Å². The molecular formula is C18H30O2. The molecule has 2 heteroatoms. The predicted octanol–water partition coefficient (Wildman–Crippen LogP) is 4.27. The van der Waals surface area contributed by atoms with Gasteiger partial charge in [-0.1, -0.05) is 38.5 Å². The SMILES string of the molecule is C1CC2CCC3CCCC4CCC(C1)C2C34.C=O.C=O. The molecule has 4 atom stereocenters. The molecule has 0 aromatic heterocycles. The van der Waals surface area contributed by atoms with Gasteiger partial charge in [0.2, 0.25) is 0 Å². The number of hydrogen-bond donors (Lipinski definition) is 0. The molecule has 0 spiro atoms. The summed E-state index contributed by atoms with van der Waals surface area (Å²) in [5.41, 5.74) is 0. The van der Waals surface area contributed by atoms with Crippen molar-refractivity contribution >= 4 is 13.6 Å². The van der Waals surface area contributed by atoms with Gasteiger partial charge in [0.05, 0.1) is 0 Å². The van der Waals surface area contributed by atoms with Crippen LogP contribution in [0.2, 0.25) is 0 Å². The van der Waals surface area contributed by atoms with Crippen molar-refractivity contribution in [3.63, 3.8) is 0 Å². The summed E-state index contributed by atoms with van der Waals surface area (Å²) in [5.74, 6) is 7.07. The van der Waals surface area contributed by atoms with Gasteiger partial charge >= 0.3 is 0 Å². The lowest BCUT2D eigenvalue weighted by atomic mass is 9.48. The zero-order valence-corrected chi connectivity index (χ0v) is 12.8. The first-order chi connectivity index (χ1) is 9.93. The number of rotatable bonds is 0. The zero-order chi connectivity index (χ0) is 14.5. The van der Waals surface area contributed by atoms with Crippen LogP contribution < -0.4 is 0 Å². The van der Waals surface area contributed by atoms with Crippen molar-refractivity contribution in [2.45, 2.75) is 64.2 Å². The highest BCUT2D eigenvalue weighted by molar-refractivity contribution is 5.11. The average Bonchev–Trinajstić information content (AvgIpc) is 2.57. The van der Waals surface area contributed by atoms with Gasteiger partial charge in [0, 0.05) is 0 Å². The highest BCUT2D eigenvalue weighted by atomic mass is 16.1. The summed E-state index contributed by atoms with van der Waals surface area (Å²) in [4.78, 5) is 16.0. The van der Waals surface area contributed by atoms with Crippen molar-refractivity contribution in [3.8, 4) is 0 Å². The Hall–Kier alpha value is -0.660. The lowest BCUT2D eigenvalue weighted by molar-refractivity contribution is -0.0987. The fourth-order valence-electron chi connectivity index (χ4n) is 6.28. The molecule has 4 fully saturated rings. The minimum absolute atomic E-state index is 1.17. The Morgan fingerprint density at radius 2 is 0.700 bits per heavy atom. The molecule has 4 saturated carbocycles. The van der Waals surface area contributed by atoms with Gasteiger partial charge in [0.25, 0.3) is 0 Å². The molecule has 0 radical (unpaired) electrons. The van der Waals surface area contributed by atoms with Crippen LogP contribution in [-0.4, -0.2) is 13.6 Å². The molecule has 0 heterocycles. The first-order valence-corrected chi connectivity index (χ1v) is 8.51. The van der Waals surface area contributed by atoms with E-state index in [0.717, 1.165) is 0 Å². The summed E-state index contributed by atoms with van der Waals surface area (Å²) in [6, 6.07) is 0. The lowest BCUT2D eigenvalue weighted by Crippen LogP contribution is -2.49. The van der Waals surface area contributed by atoms with E-state index in [1.54, 1.807) is 64.2 Å². The maximum atomic E-state index is 8.00. The quantitative estimate of drug-likeness (QED) is 0.663. The fraction of sp³-hybridized carbons (Fsp3) is 0.889. The maximum absolute atomic E-state index is 8.00. The fourth-order valence-corrected chi connectivity index (χ4v) is 6.28. The molecule has 0 aliphatic heterocycles. The van der Waals surface area contributed by atoms with Gasteiger partial charge in [-0.25, -0.2) is 0 Å². The normalized spacial score (nSPS) is 44.8. The molecule has 0 saturated heterocycles. The van der Waals surface area contributed by atoms with Crippen molar-refractivity contribution in [1.29, 1.82) is 0 Å². The standard InChI is InChI=1S/C16H26.2CH2O/c1-3-11-7-9-13-5-2-6-14-10-8-12(4-1)15(11)16(13)14;2*1-2/h11-16H,1-10H2;2*1H2. The molecule has 20 heavy (non-hydrogen) atoms. The number of carbonyl (C=O) groups is 2. The van der Waals surface area contributed by atoms with Crippen molar-refractivity contribution in [3.05, 3.63) is 0 Å². The van der Waals surface area contributed by atoms with Gasteiger partial charge < -0.3 is 9.59 Å². The lowest BCUT2D eigenvalue weighted by Gasteiger charge is -2.57. The van der Waals surface area contributed by atoms with Crippen molar-refractivity contribution < 1.29 is 9.59 Å². The smallest absolute Gasteiger partial charge is 0.106 e. The van der Waals surface area contributed by atoms with E-state index in [-0.39, 0.29) is 0 Å². The number of carbonyl (C=O) groups excluding carboxylic acids is 2. The van der Waals surface area contributed by atoms with E-state index in [2.05, 4.69) is 0 Å². The molecule has 4 aliphatic carbocycles. The molecule has 0 bridgehead atoms. The highest BCUT2D eigenvalue weighted by Gasteiger charge is 2.50. The van der Waals surface area contributed by atoms with Crippen LogP contribution in [0.5, 0.6) is 0 Å². The van der Waals surface area contributed by atoms with E-state index >= 15 is 0 Å². The Balaban J connectivity index is 0.000000340. The van der Waals surface area contributed by atoms with E-state index in [4.69, 9.17) is 9.59 Å². The first-order valence-electron chi connectivity index (χ1n) is 8.51. The maximum Gasteiger partial charge on any atom is 0.106 e. The van der Waals surface area contributed by atoms with Crippen molar-refractivity contribution in [1.82, 2.24) is 0 Å². The third-order valence-electron chi connectivity index (χ3n) is 6.74. The van der Waals surface area contributed by atoms with Crippen LogP contribution in [0.1, 0.15) is 64.2 Å². The molecule has 2 nitrogen and oxygen atoms in total. The van der Waals surface area contributed by atoms with Crippen LogP contribution in [0.25, 0.3) is 0 Å². The van der Waals surface area contributed by atoms with Crippen LogP contribution in [-0.2, 0) is 9.59 Å². The topological polar surface area (TPSA) is 34.1 Å². The zero-order valence-electron chi connectivity index (χ0n) is 12.8. The molecule has 4 unspecified atom stereocenters. The van der Waals surface area contributed by atoms with E-state index < -0.39 is 0 Å². The molecule has 114 valence electrons. The van der Waals surface area contributed by atoms with Crippen LogP contribution in [0, 0.1) is 35.5 Å². The second kappa shape index (κ2) is 7.38. The van der Waals surface area contributed by atoms with Crippen molar-refractivity contribution in [2.24, 2.45) is 35.5 Å². The molecule has 0 aromatic carbocycles. The monoisotopic (exact) mass is 278 g/mol. The van der Waals surface area contributed by atoms with Gasteiger partial charge in [0.15, 0.2) is 0 Å².